The van der Waals surface area contributed by atoms with E-state index >= 15 is 0 Å². The van der Waals surface area contributed by atoms with E-state index in [9.17, 15) is 9.59 Å². The molecule has 0 aliphatic rings. The van der Waals surface area contributed by atoms with Gasteiger partial charge in [0.1, 0.15) is 12.3 Å². The van der Waals surface area contributed by atoms with E-state index in [1.165, 1.54) is 6.07 Å². The predicted molar refractivity (Wildman–Crippen MR) is 112 cm³/mol. The van der Waals surface area contributed by atoms with Crippen LogP contribution in [0.3, 0.4) is 0 Å². The molecular formula is C22H22N2O3S. The third-order valence-electron chi connectivity index (χ3n) is 4.07. The Hall–Kier alpha value is -2.99. The van der Waals surface area contributed by atoms with Crippen LogP contribution >= 0.6 is 11.8 Å². The highest BCUT2D eigenvalue weighted by Crippen LogP contribution is 2.16. The van der Waals surface area contributed by atoms with Gasteiger partial charge in [-0.25, -0.2) is 0 Å². The lowest BCUT2D eigenvalue weighted by Crippen LogP contribution is -2.29. The Bertz CT molecular complexity index is 972. The van der Waals surface area contributed by atoms with Crippen molar-refractivity contribution >= 4 is 17.7 Å². The quantitative estimate of drug-likeness (QED) is 0.469. The summed E-state index contributed by atoms with van der Waals surface area (Å²) in [4.78, 5) is 25.9. The summed E-state index contributed by atoms with van der Waals surface area (Å²) in [7, 11) is 1.72. The van der Waals surface area contributed by atoms with Gasteiger partial charge in [-0.1, -0.05) is 48.5 Å². The fourth-order valence-electron chi connectivity index (χ4n) is 2.62. The van der Waals surface area contributed by atoms with E-state index < -0.39 is 0 Å². The zero-order valence-corrected chi connectivity index (χ0v) is 16.4. The van der Waals surface area contributed by atoms with Crippen molar-refractivity contribution < 1.29 is 9.53 Å². The first-order valence-electron chi connectivity index (χ1n) is 8.97. The number of benzene rings is 2. The largest absolute Gasteiger partial charge is 0.483 e. The summed E-state index contributed by atoms with van der Waals surface area (Å²) in [5.41, 5.74) is 0.974. The highest BCUT2D eigenvalue weighted by molar-refractivity contribution is 7.99. The number of amides is 1. The van der Waals surface area contributed by atoms with Crippen molar-refractivity contribution in [2.24, 2.45) is 7.05 Å². The SMILES string of the molecule is Cn1cc(OCc2ccccc2)c(=O)cc1C(=O)NCCSc1ccccc1. The monoisotopic (exact) mass is 394 g/mol. The van der Waals surface area contributed by atoms with Crippen molar-refractivity contribution in [2.75, 3.05) is 12.3 Å². The minimum Gasteiger partial charge on any atom is -0.483 e. The van der Waals surface area contributed by atoms with Crippen molar-refractivity contribution in [3.05, 3.63) is 94.4 Å². The molecular weight excluding hydrogens is 372 g/mol. The van der Waals surface area contributed by atoms with E-state index in [2.05, 4.69) is 5.32 Å². The van der Waals surface area contributed by atoms with Gasteiger partial charge in [0.15, 0.2) is 5.75 Å². The van der Waals surface area contributed by atoms with Crippen molar-refractivity contribution in [1.82, 2.24) is 9.88 Å². The summed E-state index contributed by atoms with van der Waals surface area (Å²) in [6, 6.07) is 20.9. The van der Waals surface area contributed by atoms with E-state index in [-0.39, 0.29) is 17.1 Å². The van der Waals surface area contributed by atoms with Gasteiger partial charge in [0.25, 0.3) is 5.91 Å². The second kappa shape index (κ2) is 9.80. The van der Waals surface area contributed by atoms with E-state index in [1.54, 1.807) is 29.6 Å². The molecule has 6 heteroatoms. The second-order valence-corrected chi connectivity index (χ2v) is 7.36. The third-order valence-corrected chi connectivity index (χ3v) is 5.08. The van der Waals surface area contributed by atoms with Crippen molar-refractivity contribution in [2.45, 2.75) is 11.5 Å². The molecule has 5 nitrogen and oxygen atoms in total. The van der Waals surface area contributed by atoms with E-state index in [4.69, 9.17) is 4.74 Å². The van der Waals surface area contributed by atoms with Crippen LogP contribution in [0.4, 0.5) is 0 Å². The molecule has 1 N–H and O–H groups in total. The van der Waals surface area contributed by atoms with Gasteiger partial charge < -0.3 is 14.6 Å². The lowest BCUT2D eigenvalue weighted by molar-refractivity contribution is 0.0947. The fourth-order valence-corrected chi connectivity index (χ4v) is 3.41. The van der Waals surface area contributed by atoms with Crippen LogP contribution in [-0.4, -0.2) is 22.8 Å². The number of carbonyl (C=O) groups is 1. The van der Waals surface area contributed by atoms with Crippen molar-refractivity contribution in [3.8, 4) is 5.75 Å². The van der Waals surface area contributed by atoms with Crippen molar-refractivity contribution in [1.29, 1.82) is 0 Å². The first-order chi connectivity index (χ1) is 13.6. The summed E-state index contributed by atoms with van der Waals surface area (Å²) >= 11 is 1.67. The molecule has 0 saturated heterocycles. The lowest BCUT2D eigenvalue weighted by Gasteiger charge is -2.12. The van der Waals surface area contributed by atoms with Crippen LogP contribution in [0, 0.1) is 0 Å². The highest BCUT2D eigenvalue weighted by atomic mass is 32.2. The number of thioether (sulfide) groups is 1. The highest BCUT2D eigenvalue weighted by Gasteiger charge is 2.12. The molecule has 3 aromatic rings. The maximum atomic E-state index is 12.4. The minimum atomic E-state index is -0.308. The number of hydrogen-bond donors (Lipinski definition) is 1. The number of rotatable bonds is 8. The molecule has 0 atom stereocenters. The third kappa shape index (κ3) is 5.50. The molecule has 0 spiro atoms. The molecule has 0 aliphatic carbocycles. The fraction of sp³-hybridized carbons (Fsp3) is 0.182. The van der Waals surface area contributed by atoms with E-state index in [1.807, 2.05) is 60.7 Å². The molecule has 1 aromatic heterocycles. The number of nitrogens with zero attached hydrogens (tertiary/aromatic N) is 1. The molecule has 0 aliphatic heterocycles. The van der Waals surface area contributed by atoms with Crippen LogP contribution in [0.1, 0.15) is 16.1 Å². The van der Waals surface area contributed by atoms with Crippen LogP contribution in [0.15, 0.2) is 82.6 Å². The zero-order valence-electron chi connectivity index (χ0n) is 15.6. The molecule has 1 amide bonds. The van der Waals surface area contributed by atoms with Gasteiger partial charge in [0.05, 0.1) is 6.20 Å². The summed E-state index contributed by atoms with van der Waals surface area (Å²) < 4.78 is 7.23. The molecule has 1 heterocycles. The van der Waals surface area contributed by atoms with E-state index in [0.717, 1.165) is 16.2 Å². The number of nitrogens with one attached hydrogen (secondary N) is 1. The summed E-state index contributed by atoms with van der Waals surface area (Å²) in [6.45, 7) is 0.817. The number of hydrogen-bond acceptors (Lipinski definition) is 4. The Balaban J connectivity index is 1.55. The first-order valence-corrected chi connectivity index (χ1v) is 9.95. The Morgan fingerprint density at radius 2 is 1.75 bits per heavy atom. The summed E-state index contributed by atoms with van der Waals surface area (Å²) in [6.07, 6.45) is 1.55. The molecule has 0 saturated carbocycles. The molecule has 0 bridgehead atoms. The average molecular weight is 394 g/mol. The maximum absolute atomic E-state index is 12.4. The standard InChI is InChI=1S/C22H22N2O3S/c1-24-15-21(27-16-17-8-4-2-5-9-17)20(25)14-19(24)22(26)23-12-13-28-18-10-6-3-7-11-18/h2-11,14-15H,12-13,16H2,1H3,(H,23,26). The Morgan fingerprint density at radius 1 is 1.07 bits per heavy atom. The molecule has 3 rings (SSSR count). The minimum absolute atomic E-state index is 0.225. The Kier molecular flexibility index (Phi) is 6.92. The molecule has 0 unspecified atom stereocenters. The smallest absolute Gasteiger partial charge is 0.268 e. The van der Waals surface area contributed by atoms with Crippen LogP contribution in [0.2, 0.25) is 0 Å². The van der Waals surface area contributed by atoms with Gasteiger partial charge in [0, 0.05) is 30.3 Å². The van der Waals surface area contributed by atoms with Crippen LogP contribution in [0.25, 0.3) is 0 Å². The summed E-state index contributed by atoms with van der Waals surface area (Å²) in [5, 5.41) is 2.85. The Morgan fingerprint density at radius 3 is 2.46 bits per heavy atom. The van der Waals surface area contributed by atoms with Gasteiger partial charge in [-0.2, -0.15) is 0 Å². The number of carbonyl (C=O) groups excluding carboxylic acids is 1. The molecule has 0 fully saturated rings. The van der Waals surface area contributed by atoms with Crippen LogP contribution < -0.4 is 15.5 Å². The normalized spacial score (nSPS) is 10.5. The first kappa shape index (κ1) is 19.8. The zero-order chi connectivity index (χ0) is 19.8. The van der Waals surface area contributed by atoms with Crippen molar-refractivity contribution in [3.63, 3.8) is 0 Å². The topological polar surface area (TPSA) is 60.3 Å². The molecule has 0 radical (unpaired) electrons. The van der Waals surface area contributed by atoms with Gasteiger partial charge in [0.2, 0.25) is 5.43 Å². The van der Waals surface area contributed by atoms with Crippen LogP contribution in [0.5, 0.6) is 5.75 Å². The number of pyridine rings is 1. The lowest BCUT2D eigenvalue weighted by atomic mass is 10.2. The average Bonchev–Trinajstić information content (AvgIpc) is 2.73. The maximum Gasteiger partial charge on any atom is 0.268 e. The molecule has 2 aromatic carbocycles. The predicted octanol–water partition coefficient (Wildman–Crippen LogP) is 3.49. The van der Waals surface area contributed by atoms with Gasteiger partial charge >= 0.3 is 0 Å². The van der Waals surface area contributed by atoms with Gasteiger partial charge in [-0.3, -0.25) is 9.59 Å². The second-order valence-electron chi connectivity index (χ2n) is 6.19. The van der Waals surface area contributed by atoms with Gasteiger partial charge in [-0.15, -0.1) is 11.8 Å². The van der Waals surface area contributed by atoms with Gasteiger partial charge in [-0.05, 0) is 17.7 Å². The number of ether oxygens (including phenoxy) is 1. The van der Waals surface area contributed by atoms with E-state index in [0.29, 0.717) is 18.8 Å². The number of aromatic nitrogens is 1. The summed E-state index contributed by atoms with van der Waals surface area (Å²) in [5.74, 6) is 0.701. The molecule has 144 valence electrons. The van der Waals surface area contributed by atoms with Crippen LogP contribution in [-0.2, 0) is 13.7 Å². The molecule has 28 heavy (non-hydrogen) atoms. The number of aryl methyl sites for hydroxylation is 1. The Labute approximate surface area is 168 Å².